The number of hydrogen-bond donors (Lipinski definition) is 2. The fraction of sp³-hybridized carbons (Fsp3) is 0.500. The molecule has 0 radical (unpaired) electrons. The summed E-state index contributed by atoms with van der Waals surface area (Å²) in [6.07, 6.45) is 7.15. The average molecular weight is 375 g/mol. The van der Waals surface area contributed by atoms with Gasteiger partial charge < -0.3 is 20.4 Å². The highest BCUT2D eigenvalue weighted by Crippen LogP contribution is 2.20. The van der Waals surface area contributed by atoms with Gasteiger partial charge in [-0.15, -0.1) is 11.3 Å². The third-order valence-electron chi connectivity index (χ3n) is 4.39. The minimum atomic E-state index is -0.147. The first-order valence-corrected chi connectivity index (χ1v) is 9.57. The number of hydrogen-bond acceptors (Lipinski definition) is 6. The first-order chi connectivity index (χ1) is 12.7. The quantitative estimate of drug-likeness (QED) is 0.812. The van der Waals surface area contributed by atoms with Crippen molar-refractivity contribution in [1.29, 1.82) is 0 Å². The van der Waals surface area contributed by atoms with E-state index in [9.17, 15) is 9.59 Å². The van der Waals surface area contributed by atoms with E-state index >= 15 is 0 Å². The Balaban J connectivity index is 1.25. The Bertz CT molecular complexity index is 763. The Morgan fingerprint density at radius 2 is 2.04 bits per heavy atom. The van der Waals surface area contributed by atoms with Crippen LogP contribution in [0.2, 0.25) is 0 Å². The number of rotatable bonds is 5. The summed E-state index contributed by atoms with van der Waals surface area (Å²) >= 11 is 1.61. The molecule has 9 nitrogen and oxygen atoms in total. The second-order valence-corrected chi connectivity index (χ2v) is 7.36. The van der Waals surface area contributed by atoms with E-state index in [-0.39, 0.29) is 18.5 Å². The number of nitrogens with one attached hydrogen (secondary N) is 2. The number of anilines is 2. The number of thiazole rings is 1. The van der Waals surface area contributed by atoms with Crippen LogP contribution < -0.4 is 15.5 Å². The van der Waals surface area contributed by atoms with Gasteiger partial charge in [0.2, 0.25) is 5.91 Å². The van der Waals surface area contributed by atoms with Crippen LogP contribution >= 0.6 is 11.3 Å². The largest absolute Gasteiger partial charge is 0.352 e. The minimum Gasteiger partial charge on any atom is -0.352 e. The maximum atomic E-state index is 12.4. The Hall–Kier alpha value is -2.62. The highest BCUT2D eigenvalue weighted by molar-refractivity contribution is 7.13. The molecule has 1 saturated carbocycles. The maximum absolute atomic E-state index is 12.4. The highest BCUT2D eigenvalue weighted by Gasteiger charge is 2.24. The fourth-order valence-corrected chi connectivity index (χ4v) is 3.53. The van der Waals surface area contributed by atoms with Crippen molar-refractivity contribution >= 4 is 34.1 Å². The molecule has 2 aliphatic rings. The molecule has 2 fully saturated rings. The zero-order valence-electron chi connectivity index (χ0n) is 14.3. The summed E-state index contributed by atoms with van der Waals surface area (Å²) in [7, 11) is 0. The molecule has 138 valence electrons. The molecule has 3 heterocycles. The molecule has 0 unspecified atom stereocenters. The molecule has 1 saturated heterocycles. The monoisotopic (exact) mass is 375 g/mol. The summed E-state index contributed by atoms with van der Waals surface area (Å²) in [6, 6.07) is 0.186. The van der Waals surface area contributed by atoms with Crippen molar-refractivity contribution in [3.63, 3.8) is 0 Å². The summed E-state index contributed by atoms with van der Waals surface area (Å²) in [5.74, 6) is -0.0493. The zero-order valence-corrected chi connectivity index (χ0v) is 15.1. The van der Waals surface area contributed by atoms with E-state index in [2.05, 4.69) is 25.6 Å². The van der Waals surface area contributed by atoms with E-state index < -0.39 is 0 Å². The van der Waals surface area contributed by atoms with Gasteiger partial charge in [-0.25, -0.2) is 9.78 Å². The van der Waals surface area contributed by atoms with Gasteiger partial charge in [0.15, 0.2) is 5.13 Å². The van der Waals surface area contributed by atoms with Gasteiger partial charge in [-0.05, 0) is 12.8 Å². The van der Waals surface area contributed by atoms with Crippen LogP contribution in [-0.4, -0.2) is 63.8 Å². The van der Waals surface area contributed by atoms with E-state index in [0.717, 1.165) is 31.1 Å². The Labute approximate surface area is 155 Å². The standard InChI is InChI=1S/C16H21N7O2S/c24-14(19-12-1-2-12)11-23-10-13(9-18-23)20-15(25)21-4-6-22(7-5-21)16-17-3-8-26-16/h3,8-10,12H,1-2,4-7,11H2,(H,19,24)(H,20,25). The van der Waals surface area contributed by atoms with Crippen molar-refractivity contribution in [2.45, 2.75) is 25.4 Å². The van der Waals surface area contributed by atoms with Gasteiger partial charge in [-0.3, -0.25) is 9.48 Å². The van der Waals surface area contributed by atoms with Crippen LogP contribution in [0, 0.1) is 0 Å². The van der Waals surface area contributed by atoms with Gasteiger partial charge in [0.25, 0.3) is 0 Å². The molecule has 1 aliphatic carbocycles. The second-order valence-electron chi connectivity index (χ2n) is 6.49. The van der Waals surface area contributed by atoms with E-state index in [1.54, 1.807) is 34.8 Å². The third kappa shape index (κ3) is 4.13. The van der Waals surface area contributed by atoms with Gasteiger partial charge in [-0.1, -0.05) is 0 Å². The van der Waals surface area contributed by atoms with E-state index in [0.29, 0.717) is 24.8 Å². The first-order valence-electron chi connectivity index (χ1n) is 8.69. The summed E-state index contributed by atoms with van der Waals surface area (Å²) in [5.41, 5.74) is 0.594. The average Bonchev–Trinajstić information content (AvgIpc) is 3.11. The lowest BCUT2D eigenvalue weighted by Gasteiger charge is -2.34. The number of nitrogens with zero attached hydrogens (tertiary/aromatic N) is 5. The van der Waals surface area contributed by atoms with Gasteiger partial charge in [0, 0.05) is 50.0 Å². The molecular weight excluding hydrogens is 354 g/mol. The van der Waals surface area contributed by atoms with Crippen LogP contribution in [0.3, 0.4) is 0 Å². The summed E-state index contributed by atoms with van der Waals surface area (Å²) in [6.45, 7) is 2.98. The fourth-order valence-electron chi connectivity index (χ4n) is 2.84. The molecule has 10 heteroatoms. The number of amides is 3. The Kier molecular flexibility index (Phi) is 4.74. The number of carbonyl (C=O) groups excluding carboxylic acids is 2. The van der Waals surface area contributed by atoms with E-state index in [4.69, 9.17) is 0 Å². The first kappa shape index (κ1) is 16.8. The lowest BCUT2D eigenvalue weighted by Crippen LogP contribution is -2.50. The smallest absolute Gasteiger partial charge is 0.322 e. The molecule has 3 amide bonds. The topological polar surface area (TPSA) is 95.4 Å². The van der Waals surface area contributed by atoms with E-state index in [1.165, 1.54) is 4.68 Å². The van der Waals surface area contributed by atoms with E-state index in [1.807, 2.05) is 5.38 Å². The molecule has 26 heavy (non-hydrogen) atoms. The Morgan fingerprint density at radius 1 is 1.23 bits per heavy atom. The number of piperazine rings is 1. The van der Waals surface area contributed by atoms with Crippen molar-refractivity contribution < 1.29 is 9.59 Å². The van der Waals surface area contributed by atoms with Gasteiger partial charge in [-0.2, -0.15) is 5.10 Å². The van der Waals surface area contributed by atoms with Gasteiger partial charge in [0.1, 0.15) is 6.54 Å². The van der Waals surface area contributed by atoms with Crippen LogP contribution in [0.5, 0.6) is 0 Å². The van der Waals surface area contributed by atoms with Crippen molar-refractivity contribution in [2.75, 3.05) is 36.4 Å². The molecule has 2 aromatic rings. The number of carbonyl (C=O) groups is 2. The number of aromatic nitrogens is 3. The summed E-state index contributed by atoms with van der Waals surface area (Å²) < 4.78 is 1.54. The Morgan fingerprint density at radius 3 is 2.73 bits per heavy atom. The predicted octanol–water partition coefficient (Wildman–Crippen LogP) is 0.972. The minimum absolute atomic E-state index is 0.0493. The van der Waals surface area contributed by atoms with Gasteiger partial charge >= 0.3 is 6.03 Å². The number of urea groups is 1. The lowest BCUT2D eigenvalue weighted by atomic mass is 10.3. The molecule has 0 aromatic carbocycles. The molecule has 2 N–H and O–H groups in total. The molecule has 0 spiro atoms. The molecule has 2 aromatic heterocycles. The SMILES string of the molecule is O=C(Cn1cc(NC(=O)N2CCN(c3nccs3)CC2)cn1)NC1CC1. The molecular formula is C16H21N7O2S. The van der Waals surface area contributed by atoms with Gasteiger partial charge in [0.05, 0.1) is 11.9 Å². The normalized spacial score (nSPS) is 17.2. The van der Waals surface area contributed by atoms with Crippen molar-refractivity contribution in [1.82, 2.24) is 25.0 Å². The van der Waals surface area contributed by atoms with Crippen LogP contribution in [-0.2, 0) is 11.3 Å². The zero-order chi connectivity index (χ0) is 17.9. The van der Waals surface area contributed by atoms with Crippen LogP contribution in [0.15, 0.2) is 24.0 Å². The lowest BCUT2D eigenvalue weighted by molar-refractivity contribution is -0.122. The third-order valence-corrected chi connectivity index (χ3v) is 5.22. The molecule has 0 atom stereocenters. The maximum Gasteiger partial charge on any atom is 0.322 e. The molecule has 4 rings (SSSR count). The van der Waals surface area contributed by atoms with Crippen LogP contribution in [0.1, 0.15) is 12.8 Å². The van der Waals surface area contributed by atoms with Crippen LogP contribution in [0.25, 0.3) is 0 Å². The van der Waals surface area contributed by atoms with Crippen LogP contribution in [0.4, 0.5) is 15.6 Å². The molecule has 0 bridgehead atoms. The second kappa shape index (κ2) is 7.32. The van der Waals surface area contributed by atoms with Crippen molar-refractivity contribution in [3.05, 3.63) is 24.0 Å². The predicted molar refractivity (Wildman–Crippen MR) is 98.3 cm³/mol. The summed E-state index contributed by atoms with van der Waals surface area (Å²) in [4.78, 5) is 32.5. The van der Waals surface area contributed by atoms with Crippen molar-refractivity contribution in [3.8, 4) is 0 Å². The molecule has 1 aliphatic heterocycles. The van der Waals surface area contributed by atoms with Crippen molar-refractivity contribution in [2.24, 2.45) is 0 Å². The summed E-state index contributed by atoms with van der Waals surface area (Å²) in [5, 5.41) is 12.9. The highest BCUT2D eigenvalue weighted by atomic mass is 32.1.